The molecule has 0 fully saturated rings. The van der Waals surface area contributed by atoms with Gasteiger partial charge in [-0.3, -0.25) is 0 Å². The molecule has 0 nitrogen and oxygen atoms in total. The first kappa shape index (κ1) is 10.7. The van der Waals surface area contributed by atoms with Crippen LogP contribution in [0.25, 0.3) is 0 Å². The van der Waals surface area contributed by atoms with E-state index in [2.05, 4.69) is 48.9 Å². The molecule has 1 atom stereocenters. The first-order valence-electron chi connectivity index (χ1n) is 4.92. The number of thiophene rings is 1. The Morgan fingerprint density at radius 1 is 1.07 bits per heavy atom. The molecule has 0 spiro atoms. The fourth-order valence-corrected chi connectivity index (χ4v) is 2.57. The summed E-state index contributed by atoms with van der Waals surface area (Å²) < 4.78 is 0. The summed E-state index contributed by atoms with van der Waals surface area (Å²) in [6.07, 6.45) is 0. The lowest BCUT2D eigenvalue weighted by atomic mass is 10.0. The molecule has 1 unspecified atom stereocenters. The molecule has 2 aromatic rings. The maximum Gasteiger partial charge on any atom is 0.0843 e. The fourth-order valence-electron chi connectivity index (χ4n) is 1.53. The second-order valence-corrected chi connectivity index (χ2v) is 4.98. The van der Waals surface area contributed by atoms with Crippen molar-refractivity contribution in [2.75, 3.05) is 0 Å². The van der Waals surface area contributed by atoms with Crippen LogP contribution in [-0.2, 0) is 0 Å². The van der Waals surface area contributed by atoms with Crippen molar-refractivity contribution in [3.05, 3.63) is 57.3 Å². The van der Waals surface area contributed by atoms with Gasteiger partial charge in [-0.2, -0.15) is 11.3 Å². The molecule has 0 aliphatic carbocycles. The Morgan fingerprint density at radius 2 is 1.87 bits per heavy atom. The molecule has 0 radical (unpaired) electrons. The van der Waals surface area contributed by atoms with Crippen LogP contribution in [0.5, 0.6) is 0 Å². The Kier molecular flexibility index (Phi) is 3.13. The Labute approximate surface area is 99.5 Å². The van der Waals surface area contributed by atoms with Crippen molar-refractivity contribution >= 4 is 22.9 Å². The van der Waals surface area contributed by atoms with Crippen LogP contribution in [0.4, 0.5) is 0 Å². The van der Waals surface area contributed by atoms with Crippen LogP contribution in [0.1, 0.15) is 27.6 Å². The summed E-state index contributed by atoms with van der Waals surface area (Å²) in [4.78, 5) is 0. The lowest BCUT2D eigenvalue weighted by Gasteiger charge is -2.10. The van der Waals surface area contributed by atoms with E-state index in [0.29, 0.717) is 0 Å². The largest absolute Gasteiger partial charge is 0.152 e. The summed E-state index contributed by atoms with van der Waals surface area (Å²) in [6.45, 7) is 4.24. The molecule has 1 heterocycles. The zero-order valence-corrected chi connectivity index (χ0v) is 10.4. The Balaban J connectivity index is 2.34. The van der Waals surface area contributed by atoms with Crippen molar-refractivity contribution in [1.82, 2.24) is 0 Å². The molecule has 0 N–H and O–H groups in total. The van der Waals surface area contributed by atoms with Gasteiger partial charge in [0.25, 0.3) is 0 Å². The highest BCUT2D eigenvalue weighted by Crippen LogP contribution is 2.30. The van der Waals surface area contributed by atoms with Crippen molar-refractivity contribution in [2.24, 2.45) is 0 Å². The Morgan fingerprint density at radius 3 is 2.47 bits per heavy atom. The summed E-state index contributed by atoms with van der Waals surface area (Å²) in [5, 5.41) is 4.15. The van der Waals surface area contributed by atoms with Gasteiger partial charge in [-0.05, 0) is 52.9 Å². The maximum absolute atomic E-state index is 6.40. The molecular weight excluding hydrogens is 224 g/mol. The third-order valence-electron chi connectivity index (χ3n) is 2.66. The van der Waals surface area contributed by atoms with E-state index in [1.807, 2.05) is 0 Å². The van der Waals surface area contributed by atoms with Crippen LogP contribution in [0.3, 0.4) is 0 Å². The van der Waals surface area contributed by atoms with Gasteiger partial charge in [0.1, 0.15) is 0 Å². The first-order chi connectivity index (χ1) is 7.18. The van der Waals surface area contributed by atoms with Crippen LogP contribution in [0.15, 0.2) is 35.0 Å². The highest BCUT2D eigenvalue weighted by molar-refractivity contribution is 7.08. The zero-order valence-electron chi connectivity index (χ0n) is 8.83. The summed E-state index contributed by atoms with van der Waals surface area (Å²) >= 11 is 8.09. The topological polar surface area (TPSA) is 0 Å². The quantitative estimate of drug-likeness (QED) is 0.664. The van der Waals surface area contributed by atoms with Crippen LogP contribution in [0.2, 0.25) is 0 Å². The predicted molar refractivity (Wildman–Crippen MR) is 67.9 cm³/mol. The van der Waals surface area contributed by atoms with Gasteiger partial charge in [-0.1, -0.05) is 18.2 Å². The van der Waals surface area contributed by atoms with Crippen molar-refractivity contribution in [3.63, 3.8) is 0 Å². The molecule has 0 saturated carbocycles. The van der Waals surface area contributed by atoms with Gasteiger partial charge in [0, 0.05) is 0 Å². The fraction of sp³-hybridized carbons (Fsp3) is 0.231. The second kappa shape index (κ2) is 4.38. The van der Waals surface area contributed by atoms with Gasteiger partial charge < -0.3 is 0 Å². The molecule has 0 bridgehead atoms. The summed E-state index contributed by atoms with van der Waals surface area (Å²) in [6, 6.07) is 8.49. The predicted octanol–water partition coefficient (Wildman–Crippen LogP) is 4.69. The van der Waals surface area contributed by atoms with Crippen LogP contribution >= 0.6 is 22.9 Å². The van der Waals surface area contributed by atoms with E-state index in [1.165, 1.54) is 22.3 Å². The lowest BCUT2D eigenvalue weighted by Crippen LogP contribution is -1.92. The standard InChI is InChI=1S/C13H13ClS/c1-9-3-4-11(7-10(9)2)13(14)12-5-6-15-8-12/h3-8,13H,1-2H3. The van der Waals surface area contributed by atoms with Crippen molar-refractivity contribution < 1.29 is 0 Å². The number of rotatable bonds is 2. The summed E-state index contributed by atoms with van der Waals surface area (Å²) in [5.41, 5.74) is 4.98. The number of alkyl halides is 1. The maximum atomic E-state index is 6.40. The molecule has 0 aliphatic rings. The van der Waals surface area contributed by atoms with E-state index in [1.54, 1.807) is 11.3 Å². The van der Waals surface area contributed by atoms with Gasteiger partial charge in [0.05, 0.1) is 5.38 Å². The third-order valence-corrected chi connectivity index (χ3v) is 3.86. The van der Waals surface area contributed by atoms with E-state index in [4.69, 9.17) is 11.6 Å². The molecule has 2 rings (SSSR count). The van der Waals surface area contributed by atoms with Crippen molar-refractivity contribution in [3.8, 4) is 0 Å². The minimum absolute atomic E-state index is 0.0180. The normalized spacial score (nSPS) is 12.7. The minimum atomic E-state index is -0.0180. The lowest BCUT2D eigenvalue weighted by molar-refractivity contribution is 1.14. The molecule has 0 amide bonds. The summed E-state index contributed by atoms with van der Waals surface area (Å²) in [5.74, 6) is 0. The number of hydrogen-bond acceptors (Lipinski definition) is 1. The number of aryl methyl sites for hydroxylation is 2. The van der Waals surface area contributed by atoms with E-state index in [0.717, 1.165) is 0 Å². The molecule has 15 heavy (non-hydrogen) atoms. The average molecular weight is 237 g/mol. The van der Waals surface area contributed by atoms with Crippen molar-refractivity contribution in [2.45, 2.75) is 19.2 Å². The highest BCUT2D eigenvalue weighted by Gasteiger charge is 2.11. The second-order valence-electron chi connectivity index (χ2n) is 3.76. The first-order valence-corrected chi connectivity index (χ1v) is 6.29. The highest BCUT2D eigenvalue weighted by atomic mass is 35.5. The van der Waals surface area contributed by atoms with E-state index in [9.17, 15) is 0 Å². The van der Waals surface area contributed by atoms with Crippen LogP contribution in [-0.4, -0.2) is 0 Å². The monoisotopic (exact) mass is 236 g/mol. The number of halogens is 1. The smallest absolute Gasteiger partial charge is 0.0843 e. The molecule has 1 aromatic heterocycles. The van der Waals surface area contributed by atoms with Crippen LogP contribution < -0.4 is 0 Å². The molecule has 78 valence electrons. The molecular formula is C13H13ClS. The van der Waals surface area contributed by atoms with Crippen molar-refractivity contribution in [1.29, 1.82) is 0 Å². The minimum Gasteiger partial charge on any atom is -0.152 e. The van der Waals surface area contributed by atoms with Crippen LogP contribution in [0, 0.1) is 13.8 Å². The van der Waals surface area contributed by atoms with Gasteiger partial charge in [-0.25, -0.2) is 0 Å². The zero-order chi connectivity index (χ0) is 10.8. The molecule has 0 aliphatic heterocycles. The van der Waals surface area contributed by atoms with Gasteiger partial charge >= 0.3 is 0 Å². The summed E-state index contributed by atoms with van der Waals surface area (Å²) in [7, 11) is 0. The molecule has 0 saturated heterocycles. The average Bonchev–Trinajstić information content (AvgIpc) is 2.74. The van der Waals surface area contributed by atoms with Gasteiger partial charge in [0.2, 0.25) is 0 Å². The number of benzene rings is 1. The third kappa shape index (κ3) is 2.24. The Bertz CT molecular complexity index is 446. The van der Waals surface area contributed by atoms with E-state index >= 15 is 0 Å². The Hall–Kier alpha value is -0.790. The van der Waals surface area contributed by atoms with Gasteiger partial charge in [0.15, 0.2) is 0 Å². The van der Waals surface area contributed by atoms with E-state index < -0.39 is 0 Å². The molecule has 2 heteroatoms. The van der Waals surface area contributed by atoms with Gasteiger partial charge in [-0.15, -0.1) is 11.6 Å². The SMILES string of the molecule is Cc1ccc(C(Cl)c2ccsc2)cc1C. The van der Waals surface area contributed by atoms with E-state index in [-0.39, 0.29) is 5.38 Å². The number of hydrogen-bond donors (Lipinski definition) is 0. The molecule has 1 aromatic carbocycles.